The molecule has 0 radical (unpaired) electrons. The van der Waals surface area contributed by atoms with E-state index in [2.05, 4.69) is 10.7 Å². The van der Waals surface area contributed by atoms with E-state index >= 15 is 0 Å². The largest absolute Gasteiger partial charge is 0.502 e. The van der Waals surface area contributed by atoms with Gasteiger partial charge in [0.2, 0.25) is 0 Å². The fraction of sp³-hybridized carbons (Fsp3) is 0.143. The smallest absolute Gasteiger partial charge is 0.410 e. The van der Waals surface area contributed by atoms with Crippen LogP contribution in [0.5, 0.6) is 5.75 Å². The van der Waals surface area contributed by atoms with Crippen LogP contribution in [0.4, 0.5) is 13.2 Å². The normalized spacial score (nSPS) is 12.5. The zero-order valence-electron chi connectivity index (χ0n) is 7.15. The lowest BCUT2D eigenvalue weighted by atomic mass is 10.3. The molecule has 0 unspecified atom stereocenters. The first-order chi connectivity index (χ1) is 6.80. The van der Waals surface area contributed by atoms with Crippen molar-refractivity contribution in [2.75, 3.05) is 0 Å². The van der Waals surface area contributed by atoms with Gasteiger partial charge in [0.15, 0.2) is 5.75 Å². The van der Waals surface area contributed by atoms with Crippen molar-refractivity contribution in [3.63, 3.8) is 0 Å². The Balaban J connectivity index is 3.41. The van der Waals surface area contributed by atoms with Crippen LogP contribution in [-0.2, 0) is 9.84 Å². The van der Waals surface area contributed by atoms with Crippen molar-refractivity contribution in [1.29, 1.82) is 0 Å². The summed E-state index contributed by atoms with van der Waals surface area (Å²) in [6, 6.07) is 4.24. The summed E-state index contributed by atoms with van der Waals surface area (Å²) in [5.41, 5.74) is -5.37. The van der Waals surface area contributed by atoms with Gasteiger partial charge in [0.1, 0.15) is 4.90 Å². The van der Waals surface area contributed by atoms with E-state index in [1.165, 1.54) is 6.07 Å². The minimum atomic E-state index is -5.42. The van der Waals surface area contributed by atoms with E-state index in [9.17, 15) is 21.6 Å². The van der Waals surface area contributed by atoms with Crippen molar-refractivity contribution in [1.82, 2.24) is 0 Å². The minimum Gasteiger partial charge on any atom is -0.410 e. The van der Waals surface area contributed by atoms with Crippen molar-refractivity contribution in [3.05, 3.63) is 24.3 Å². The third-order valence-corrected chi connectivity index (χ3v) is 3.10. The summed E-state index contributed by atoms with van der Waals surface area (Å²) in [6.45, 7) is 0. The van der Waals surface area contributed by atoms with Crippen molar-refractivity contribution >= 4 is 9.84 Å². The van der Waals surface area contributed by atoms with Gasteiger partial charge in [-0.25, -0.2) is 8.42 Å². The van der Waals surface area contributed by atoms with Gasteiger partial charge in [0, 0.05) is 0 Å². The molecule has 0 amide bonds. The molecule has 0 heterocycles. The van der Waals surface area contributed by atoms with Gasteiger partial charge in [-0.2, -0.15) is 19.1 Å². The molecule has 0 aliphatic heterocycles. The summed E-state index contributed by atoms with van der Waals surface area (Å²) in [5, 5.41) is 0. The Bertz CT molecular complexity index is 455. The molecule has 84 valence electrons. The second-order valence-electron chi connectivity index (χ2n) is 2.51. The lowest BCUT2D eigenvalue weighted by Crippen LogP contribution is -2.24. The van der Waals surface area contributed by atoms with Crippen LogP contribution in [0.25, 0.3) is 0 Å². The van der Waals surface area contributed by atoms with Gasteiger partial charge in [0.05, 0.1) is 0 Å². The van der Waals surface area contributed by atoms with E-state index in [-0.39, 0.29) is 0 Å². The zero-order chi connectivity index (χ0) is 11.7. The number of alkyl halides is 3. The van der Waals surface area contributed by atoms with Crippen LogP contribution in [0, 0.1) is 0 Å². The number of nitrogens with two attached hydrogens (primary N) is 1. The van der Waals surface area contributed by atoms with Gasteiger partial charge in [-0.1, -0.05) is 12.1 Å². The molecule has 2 N–H and O–H groups in total. The van der Waals surface area contributed by atoms with Crippen LogP contribution in [0.15, 0.2) is 29.2 Å². The minimum absolute atomic E-state index is 0.546. The first-order valence-electron chi connectivity index (χ1n) is 3.58. The Morgan fingerprint density at radius 3 is 2.20 bits per heavy atom. The van der Waals surface area contributed by atoms with Crippen LogP contribution in [0.1, 0.15) is 0 Å². The average Bonchev–Trinajstić information content (AvgIpc) is 2.16. The lowest BCUT2D eigenvalue weighted by Gasteiger charge is -2.10. The van der Waals surface area contributed by atoms with Crippen molar-refractivity contribution < 1.29 is 26.4 Å². The van der Waals surface area contributed by atoms with E-state index in [0.717, 1.165) is 18.2 Å². The maximum atomic E-state index is 12.2. The Morgan fingerprint density at radius 2 is 1.73 bits per heavy atom. The maximum absolute atomic E-state index is 12.2. The fourth-order valence-corrected chi connectivity index (χ4v) is 1.78. The van der Waals surface area contributed by atoms with Crippen molar-refractivity contribution in [3.8, 4) is 5.75 Å². The highest BCUT2D eigenvalue weighted by Crippen LogP contribution is 2.34. The van der Waals surface area contributed by atoms with E-state index in [1.807, 2.05) is 0 Å². The first kappa shape index (κ1) is 11.8. The zero-order valence-corrected chi connectivity index (χ0v) is 7.97. The predicted octanol–water partition coefficient (Wildman–Crippen LogP) is 1.23. The molecule has 0 spiro atoms. The lowest BCUT2D eigenvalue weighted by molar-refractivity contribution is -0.0437. The summed E-state index contributed by atoms with van der Waals surface area (Å²) in [5.74, 6) is 4.11. The van der Waals surface area contributed by atoms with Crippen molar-refractivity contribution in [2.45, 2.75) is 10.4 Å². The Hall–Kier alpha value is -1.28. The molecule has 4 nitrogen and oxygen atoms in total. The van der Waals surface area contributed by atoms with Crippen LogP contribution in [0.3, 0.4) is 0 Å². The Kier molecular flexibility index (Phi) is 2.91. The Labute approximate surface area is 83.3 Å². The second kappa shape index (κ2) is 3.70. The molecule has 8 heteroatoms. The van der Waals surface area contributed by atoms with E-state index in [1.54, 1.807) is 0 Å². The number of halogens is 3. The maximum Gasteiger partial charge on any atom is 0.502 e. The second-order valence-corrected chi connectivity index (χ2v) is 4.42. The third kappa shape index (κ3) is 2.05. The van der Waals surface area contributed by atoms with Crippen LogP contribution in [-0.4, -0.2) is 13.9 Å². The van der Waals surface area contributed by atoms with E-state index in [0.29, 0.717) is 0 Å². The molecule has 0 aliphatic rings. The molecule has 0 saturated carbocycles. The monoisotopic (exact) mass is 241 g/mol. The summed E-state index contributed by atoms with van der Waals surface area (Å²) < 4.78 is 58.4. The topological polar surface area (TPSA) is 69.4 Å². The summed E-state index contributed by atoms with van der Waals surface area (Å²) >= 11 is 0. The molecule has 15 heavy (non-hydrogen) atoms. The third-order valence-electron chi connectivity index (χ3n) is 1.57. The van der Waals surface area contributed by atoms with Gasteiger partial charge in [-0.15, -0.1) is 0 Å². The molecule has 1 rings (SSSR count). The number of hydrogen-bond acceptors (Lipinski definition) is 4. The number of sulfone groups is 1. The summed E-state index contributed by atoms with van der Waals surface area (Å²) in [7, 11) is -5.42. The molecule has 0 atom stereocenters. The summed E-state index contributed by atoms with van der Waals surface area (Å²) in [4.78, 5) is 3.05. The quantitative estimate of drug-likeness (QED) is 0.791. The standard InChI is InChI=1S/C7H6F3NO3S/c8-7(9,10)15(12,13)6-4-2-1-3-5(6)14-11/h1-4H,11H2. The Morgan fingerprint density at radius 1 is 1.20 bits per heavy atom. The molecular weight excluding hydrogens is 235 g/mol. The summed E-state index contributed by atoms with van der Waals surface area (Å²) in [6.07, 6.45) is 0. The molecular formula is C7H6F3NO3S. The number of benzene rings is 1. The van der Waals surface area contributed by atoms with Crippen molar-refractivity contribution in [2.24, 2.45) is 5.90 Å². The SMILES string of the molecule is NOc1ccccc1S(=O)(=O)C(F)(F)F. The van der Waals surface area contributed by atoms with E-state index < -0.39 is 26.0 Å². The fourth-order valence-electron chi connectivity index (χ4n) is 0.894. The molecule has 1 aromatic carbocycles. The average molecular weight is 241 g/mol. The number of hydrogen-bond donors (Lipinski definition) is 1. The van der Waals surface area contributed by atoms with Crippen LogP contribution >= 0.6 is 0 Å². The highest BCUT2D eigenvalue weighted by Gasteiger charge is 2.48. The number of rotatable bonds is 2. The highest BCUT2D eigenvalue weighted by molar-refractivity contribution is 7.92. The highest BCUT2D eigenvalue weighted by atomic mass is 32.2. The number of para-hydroxylation sites is 1. The van der Waals surface area contributed by atoms with E-state index in [4.69, 9.17) is 0 Å². The van der Waals surface area contributed by atoms with Crippen LogP contribution < -0.4 is 10.7 Å². The molecule has 0 aliphatic carbocycles. The van der Waals surface area contributed by atoms with Gasteiger partial charge in [-0.3, -0.25) is 0 Å². The molecule has 0 aromatic heterocycles. The van der Waals surface area contributed by atoms with Gasteiger partial charge >= 0.3 is 5.51 Å². The molecule has 0 fully saturated rings. The molecule has 0 bridgehead atoms. The van der Waals surface area contributed by atoms with Gasteiger partial charge in [-0.05, 0) is 12.1 Å². The molecule has 0 saturated heterocycles. The van der Waals surface area contributed by atoms with Crippen LogP contribution in [0.2, 0.25) is 0 Å². The molecule has 1 aromatic rings. The predicted molar refractivity (Wildman–Crippen MR) is 44.5 cm³/mol. The first-order valence-corrected chi connectivity index (χ1v) is 5.06. The van der Waals surface area contributed by atoms with Gasteiger partial charge in [0.25, 0.3) is 9.84 Å². The van der Waals surface area contributed by atoms with Gasteiger partial charge < -0.3 is 4.84 Å².